The van der Waals surface area contributed by atoms with E-state index in [2.05, 4.69) is 20.8 Å². The first-order valence-electron chi connectivity index (χ1n) is 7.73. The molecule has 1 N–H and O–H groups in total. The van der Waals surface area contributed by atoms with Crippen LogP contribution in [0.15, 0.2) is 48.5 Å². The average Bonchev–Trinajstić information content (AvgIpc) is 2.54. The molecule has 23 heavy (non-hydrogen) atoms. The molecule has 2 aromatic carbocycles. The number of aliphatic hydroxyl groups is 1. The van der Waals surface area contributed by atoms with E-state index in [0.717, 1.165) is 6.29 Å². The highest BCUT2D eigenvalue weighted by atomic mass is 16.5. The number of hydrogen-bond donors (Lipinski definition) is 1. The second-order valence-corrected chi connectivity index (χ2v) is 6.79. The van der Waals surface area contributed by atoms with E-state index in [1.54, 1.807) is 31.4 Å². The summed E-state index contributed by atoms with van der Waals surface area (Å²) in [5.41, 5.74) is 1.28. The van der Waals surface area contributed by atoms with Gasteiger partial charge < -0.3 is 14.6 Å². The molecule has 0 radical (unpaired) electrons. The molecule has 0 saturated carbocycles. The third-order valence-electron chi connectivity index (χ3n) is 4.17. The highest BCUT2D eigenvalue weighted by Crippen LogP contribution is 2.34. The van der Waals surface area contributed by atoms with Crippen LogP contribution in [0.4, 0.5) is 0 Å². The molecule has 0 bridgehead atoms. The molecule has 0 heterocycles. The van der Waals surface area contributed by atoms with Crippen LogP contribution in [-0.2, 0) is 15.8 Å². The van der Waals surface area contributed by atoms with E-state index in [0.29, 0.717) is 16.9 Å². The van der Waals surface area contributed by atoms with Gasteiger partial charge in [0.25, 0.3) is 0 Å². The Hall–Kier alpha value is -2.13. The fourth-order valence-corrected chi connectivity index (χ4v) is 2.64. The van der Waals surface area contributed by atoms with Gasteiger partial charge in [0.1, 0.15) is 17.6 Å². The van der Waals surface area contributed by atoms with Crippen molar-refractivity contribution in [3.05, 3.63) is 65.2 Å². The summed E-state index contributed by atoms with van der Waals surface area (Å²) < 4.78 is 5.15. The predicted molar refractivity (Wildman–Crippen MR) is 91.8 cm³/mol. The van der Waals surface area contributed by atoms with Gasteiger partial charge in [0.15, 0.2) is 0 Å². The Kier molecular flexibility index (Phi) is 4.90. The number of carbonyl (C=O) groups is 1. The molecule has 0 aliphatic carbocycles. The van der Waals surface area contributed by atoms with Crippen LogP contribution in [0.3, 0.4) is 0 Å². The third kappa shape index (κ3) is 3.62. The molecule has 1 atom stereocenters. The highest BCUT2D eigenvalue weighted by Gasteiger charge is 2.31. The quantitative estimate of drug-likeness (QED) is 0.854. The van der Waals surface area contributed by atoms with Crippen LogP contribution < -0.4 is 4.74 Å². The molecule has 0 saturated heterocycles. The van der Waals surface area contributed by atoms with Gasteiger partial charge in [-0.3, -0.25) is 0 Å². The minimum Gasteiger partial charge on any atom is -0.497 e. The SMILES string of the molecule is COc1ccc(C(O)(CC=O)c2ccc(C(C)(C)C)cc2)cc1. The van der Waals surface area contributed by atoms with E-state index in [1.165, 1.54) is 5.56 Å². The van der Waals surface area contributed by atoms with Crippen LogP contribution in [0.5, 0.6) is 5.75 Å². The Labute approximate surface area is 137 Å². The van der Waals surface area contributed by atoms with Crippen molar-refractivity contribution >= 4 is 6.29 Å². The fraction of sp³-hybridized carbons (Fsp3) is 0.350. The number of aldehydes is 1. The number of carbonyl (C=O) groups excluding carboxylic acids is 1. The van der Waals surface area contributed by atoms with Crippen molar-refractivity contribution < 1.29 is 14.6 Å². The van der Waals surface area contributed by atoms with Gasteiger partial charge in [-0.2, -0.15) is 0 Å². The number of benzene rings is 2. The van der Waals surface area contributed by atoms with Crippen LogP contribution in [-0.4, -0.2) is 18.5 Å². The normalized spacial score (nSPS) is 14.1. The summed E-state index contributed by atoms with van der Waals surface area (Å²) in [4.78, 5) is 11.1. The summed E-state index contributed by atoms with van der Waals surface area (Å²) in [6.07, 6.45) is 0.760. The van der Waals surface area contributed by atoms with Gasteiger partial charge >= 0.3 is 0 Å². The zero-order valence-corrected chi connectivity index (χ0v) is 14.2. The first-order valence-corrected chi connectivity index (χ1v) is 7.73. The van der Waals surface area contributed by atoms with Gasteiger partial charge in [0, 0.05) is 6.42 Å². The molecular weight excluding hydrogens is 288 g/mol. The fourth-order valence-electron chi connectivity index (χ4n) is 2.64. The summed E-state index contributed by atoms with van der Waals surface area (Å²) in [5, 5.41) is 11.1. The molecule has 0 aliphatic rings. The van der Waals surface area contributed by atoms with E-state index >= 15 is 0 Å². The van der Waals surface area contributed by atoms with Gasteiger partial charge in [-0.25, -0.2) is 0 Å². The van der Waals surface area contributed by atoms with E-state index < -0.39 is 5.60 Å². The molecule has 0 aromatic heterocycles. The standard InChI is InChI=1S/C20H24O3/c1-19(2,3)15-5-7-16(8-6-15)20(22,13-14-21)17-9-11-18(23-4)12-10-17/h5-12,14,22H,13H2,1-4H3. The molecule has 2 aromatic rings. The smallest absolute Gasteiger partial charge is 0.123 e. The summed E-state index contributed by atoms with van der Waals surface area (Å²) >= 11 is 0. The van der Waals surface area contributed by atoms with Crippen molar-refractivity contribution in [2.45, 2.75) is 38.2 Å². The summed E-state index contributed by atoms with van der Waals surface area (Å²) in [6.45, 7) is 6.43. The zero-order chi connectivity index (χ0) is 17.1. The van der Waals surface area contributed by atoms with Crippen LogP contribution in [0, 0.1) is 0 Å². The Morgan fingerprint density at radius 2 is 1.35 bits per heavy atom. The topological polar surface area (TPSA) is 46.5 Å². The predicted octanol–water partition coefficient (Wildman–Crippen LogP) is 3.82. The van der Waals surface area contributed by atoms with Gasteiger partial charge in [-0.05, 0) is 34.2 Å². The monoisotopic (exact) mass is 312 g/mol. The maximum atomic E-state index is 11.1. The summed E-state index contributed by atoms with van der Waals surface area (Å²) in [7, 11) is 1.60. The maximum Gasteiger partial charge on any atom is 0.123 e. The molecule has 1 unspecified atom stereocenters. The first-order chi connectivity index (χ1) is 10.8. The lowest BCUT2D eigenvalue weighted by Gasteiger charge is -2.28. The number of methoxy groups -OCH3 is 1. The highest BCUT2D eigenvalue weighted by molar-refractivity contribution is 5.56. The summed E-state index contributed by atoms with van der Waals surface area (Å²) in [5.74, 6) is 0.713. The number of ether oxygens (including phenoxy) is 1. The van der Waals surface area contributed by atoms with Crippen LogP contribution in [0.25, 0.3) is 0 Å². The molecule has 0 amide bonds. The Balaban J connectivity index is 2.45. The van der Waals surface area contributed by atoms with Gasteiger partial charge in [-0.1, -0.05) is 57.2 Å². The minimum atomic E-state index is -1.33. The third-order valence-corrected chi connectivity index (χ3v) is 4.17. The second-order valence-electron chi connectivity index (χ2n) is 6.79. The number of hydrogen-bond acceptors (Lipinski definition) is 3. The minimum absolute atomic E-state index is 0.00813. The Bertz CT molecular complexity index is 651. The van der Waals surface area contributed by atoms with Crippen molar-refractivity contribution in [1.82, 2.24) is 0 Å². The number of rotatable bonds is 5. The molecule has 0 fully saturated rings. The van der Waals surface area contributed by atoms with E-state index in [4.69, 9.17) is 4.74 Å². The second kappa shape index (κ2) is 6.55. The lowest BCUT2D eigenvalue weighted by molar-refractivity contribution is -0.111. The average molecular weight is 312 g/mol. The van der Waals surface area contributed by atoms with Crippen molar-refractivity contribution in [2.75, 3.05) is 7.11 Å². The van der Waals surface area contributed by atoms with Crippen LogP contribution in [0.1, 0.15) is 43.9 Å². The maximum absolute atomic E-state index is 11.1. The van der Waals surface area contributed by atoms with Gasteiger partial charge in [0.2, 0.25) is 0 Å². The first kappa shape index (κ1) is 17.2. The van der Waals surface area contributed by atoms with Gasteiger partial charge in [-0.15, -0.1) is 0 Å². The lowest BCUT2D eigenvalue weighted by Crippen LogP contribution is -2.28. The molecule has 122 valence electrons. The van der Waals surface area contributed by atoms with Crippen molar-refractivity contribution in [3.63, 3.8) is 0 Å². The lowest BCUT2D eigenvalue weighted by atomic mass is 9.81. The molecule has 2 rings (SSSR count). The largest absolute Gasteiger partial charge is 0.497 e. The van der Waals surface area contributed by atoms with Crippen molar-refractivity contribution in [2.24, 2.45) is 0 Å². The van der Waals surface area contributed by atoms with Gasteiger partial charge in [0.05, 0.1) is 7.11 Å². The summed E-state index contributed by atoms with van der Waals surface area (Å²) in [6, 6.07) is 15.0. The molecule has 3 nitrogen and oxygen atoms in total. The zero-order valence-electron chi connectivity index (χ0n) is 14.2. The molecule has 0 spiro atoms. The van der Waals surface area contributed by atoms with Crippen LogP contribution >= 0.6 is 0 Å². The van der Waals surface area contributed by atoms with Crippen LogP contribution in [0.2, 0.25) is 0 Å². The van der Waals surface area contributed by atoms with E-state index in [1.807, 2.05) is 24.3 Å². The molecule has 3 heteroatoms. The van der Waals surface area contributed by atoms with E-state index in [9.17, 15) is 9.90 Å². The Morgan fingerprint density at radius 3 is 1.74 bits per heavy atom. The molecular formula is C20H24O3. The molecule has 0 aliphatic heterocycles. The van der Waals surface area contributed by atoms with E-state index in [-0.39, 0.29) is 11.8 Å². The van der Waals surface area contributed by atoms with Crippen molar-refractivity contribution in [3.8, 4) is 5.75 Å². The van der Waals surface area contributed by atoms with Crippen molar-refractivity contribution in [1.29, 1.82) is 0 Å². The Morgan fingerprint density at radius 1 is 0.913 bits per heavy atom.